The zero-order chi connectivity index (χ0) is 12.3. The molecule has 16 heavy (non-hydrogen) atoms. The van der Waals surface area contributed by atoms with E-state index < -0.39 is 15.1 Å². The normalized spacial score (nSPS) is 15.8. The minimum Gasteiger partial charge on any atom is -0.327 e. The molecule has 0 radical (unpaired) electrons. The molecule has 1 aromatic carbocycles. The van der Waals surface area contributed by atoms with Crippen LogP contribution >= 0.6 is 0 Å². The first-order chi connectivity index (χ1) is 7.41. The zero-order valence-electron chi connectivity index (χ0n) is 9.97. The summed E-state index contributed by atoms with van der Waals surface area (Å²) >= 11 is 0. The van der Waals surface area contributed by atoms with E-state index in [0.717, 1.165) is 5.56 Å². The zero-order valence-corrected chi connectivity index (χ0v) is 10.8. The van der Waals surface area contributed by atoms with Gasteiger partial charge >= 0.3 is 0 Å². The molecule has 0 saturated carbocycles. The van der Waals surface area contributed by atoms with E-state index in [1.807, 2.05) is 13.0 Å². The van der Waals surface area contributed by atoms with Crippen LogP contribution < -0.4 is 5.73 Å². The van der Waals surface area contributed by atoms with Crippen LogP contribution in [0.2, 0.25) is 0 Å². The van der Waals surface area contributed by atoms with Crippen LogP contribution in [0.25, 0.3) is 0 Å². The molecule has 0 fully saturated rings. The second-order valence-corrected chi connectivity index (χ2v) is 6.36. The summed E-state index contributed by atoms with van der Waals surface area (Å²) in [5.74, 6) is 0. The van der Waals surface area contributed by atoms with Crippen molar-refractivity contribution >= 4 is 9.84 Å². The first kappa shape index (κ1) is 13.2. The van der Waals surface area contributed by atoms with Gasteiger partial charge in [0.2, 0.25) is 0 Å². The lowest BCUT2D eigenvalue weighted by Gasteiger charge is -2.19. The first-order valence-electron chi connectivity index (χ1n) is 5.46. The maximum Gasteiger partial charge on any atom is 0.182 e. The van der Waals surface area contributed by atoms with Crippen LogP contribution in [0.15, 0.2) is 29.2 Å². The van der Waals surface area contributed by atoms with Crippen molar-refractivity contribution in [1.29, 1.82) is 0 Å². The molecular formula is C12H19NO2S. The third-order valence-corrected chi connectivity index (χ3v) is 5.36. The van der Waals surface area contributed by atoms with Crippen molar-refractivity contribution in [1.82, 2.24) is 0 Å². The van der Waals surface area contributed by atoms with Crippen LogP contribution in [0.5, 0.6) is 0 Å². The van der Waals surface area contributed by atoms with Crippen molar-refractivity contribution in [3.63, 3.8) is 0 Å². The molecule has 0 saturated heterocycles. The van der Waals surface area contributed by atoms with Crippen molar-refractivity contribution in [3.05, 3.63) is 29.8 Å². The highest BCUT2D eigenvalue weighted by molar-refractivity contribution is 7.92. The molecule has 90 valence electrons. The third kappa shape index (κ3) is 2.44. The first-order valence-corrected chi connectivity index (χ1v) is 7.01. The summed E-state index contributed by atoms with van der Waals surface area (Å²) in [6, 6.07) is 6.70. The Balaban J connectivity index is 3.17. The third-order valence-electron chi connectivity index (χ3n) is 2.96. The fourth-order valence-electron chi connectivity index (χ4n) is 1.64. The Morgan fingerprint density at radius 3 is 2.38 bits per heavy atom. The number of hydrogen-bond donors (Lipinski definition) is 1. The molecule has 0 spiro atoms. The number of sulfone groups is 1. The molecule has 4 heteroatoms. The van der Waals surface area contributed by atoms with Gasteiger partial charge in [0.05, 0.1) is 10.1 Å². The van der Waals surface area contributed by atoms with Gasteiger partial charge in [0.15, 0.2) is 9.84 Å². The van der Waals surface area contributed by atoms with Crippen molar-refractivity contribution in [2.75, 3.05) is 0 Å². The van der Waals surface area contributed by atoms with Crippen LogP contribution in [0, 0.1) is 6.92 Å². The molecule has 1 rings (SSSR count). The van der Waals surface area contributed by atoms with Crippen molar-refractivity contribution < 1.29 is 8.42 Å². The van der Waals surface area contributed by atoms with Gasteiger partial charge in [-0.25, -0.2) is 8.42 Å². The van der Waals surface area contributed by atoms with Crippen molar-refractivity contribution in [3.8, 4) is 0 Å². The topological polar surface area (TPSA) is 60.2 Å². The molecule has 2 unspecified atom stereocenters. The van der Waals surface area contributed by atoms with E-state index in [1.165, 1.54) is 0 Å². The summed E-state index contributed by atoms with van der Waals surface area (Å²) in [7, 11) is -3.31. The fourth-order valence-corrected chi connectivity index (χ4v) is 3.48. The van der Waals surface area contributed by atoms with Crippen LogP contribution in [-0.2, 0) is 9.84 Å². The molecule has 0 bridgehead atoms. The molecule has 0 heterocycles. The van der Waals surface area contributed by atoms with E-state index >= 15 is 0 Å². The lowest BCUT2D eigenvalue weighted by atomic mass is 10.2. The van der Waals surface area contributed by atoms with E-state index in [4.69, 9.17) is 5.73 Å². The summed E-state index contributed by atoms with van der Waals surface area (Å²) in [6.07, 6.45) is 0.659. The Bertz CT molecular complexity index is 454. The van der Waals surface area contributed by atoms with E-state index in [1.54, 1.807) is 32.0 Å². The highest BCUT2D eigenvalue weighted by atomic mass is 32.2. The summed E-state index contributed by atoms with van der Waals surface area (Å²) in [4.78, 5) is 0.395. The van der Waals surface area contributed by atoms with Gasteiger partial charge in [-0.2, -0.15) is 0 Å². The van der Waals surface area contributed by atoms with E-state index in [2.05, 4.69) is 0 Å². The number of nitrogens with two attached hydrogens (primary N) is 1. The highest BCUT2D eigenvalue weighted by Crippen LogP contribution is 2.21. The van der Waals surface area contributed by atoms with Crippen LogP contribution in [0.1, 0.15) is 25.8 Å². The van der Waals surface area contributed by atoms with Crippen LogP contribution in [-0.4, -0.2) is 19.7 Å². The predicted octanol–water partition coefficient (Wildman–Crippen LogP) is 1.89. The average Bonchev–Trinajstić information content (AvgIpc) is 2.27. The second-order valence-electron chi connectivity index (χ2n) is 4.09. The Morgan fingerprint density at radius 1 is 1.31 bits per heavy atom. The quantitative estimate of drug-likeness (QED) is 0.875. The molecule has 0 aliphatic heterocycles. The van der Waals surface area contributed by atoms with Crippen molar-refractivity contribution in [2.45, 2.75) is 43.4 Å². The number of benzene rings is 1. The standard InChI is InChI=1S/C12H19NO2S/c1-4-11(13)10(3)16(14,15)12-8-6-5-7-9(12)2/h5-8,10-11H,4,13H2,1-3H3. The average molecular weight is 241 g/mol. The van der Waals surface area contributed by atoms with Crippen LogP contribution in [0.4, 0.5) is 0 Å². The molecule has 2 atom stereocenters. The maximum atomic E-state index is 12.3. The van der Waals surface area contributed by atoms with E-state index in [-0.39, 0.29) is 6.04 Å². The van der Waals surface area contributed by atoms with Gasteiger partial charge in [0.25, 0.3) is 0 Å². The van der Waals surface area contributed by atoms with Gasteiger partial charge in [0.1, 0.15) is 0 Å². The van der Waals surface area contributed by atoms with Gasteiger partial charge in [0, 0.05) is 6.04 Å². The SMILES string of the molecule is CCC(N)C(C)S(=O)(=O)c1ccccc1C. The van der Waals surface area contributed by atoms with Gasteiger partial charge < -0.3 is 5.73 Å². The molecule has 0 aliphatic carbocycles. The molecule has 0 aliphatic rings. The minimum atomic E-state index is -3.31. The summed E-state index contributed by atoms with van der Waals surface area (Å²) < 4.78 is 24.5. The summed E-state index contributed by atoms with van der Waals surface area (Å²) in [6.45, 7) is 5.38. The van der Waals surface area contributed by atoms with Gasteiger partial charge in [-0.05, 0) is 31.9 Å². The smallest absolute Gasteiger partial charge is 0.182 e. The van der Waals surface area contributed by atoms with Gasteiger partial charge in [-0.1, -0.05) is 25.1 Å². The Hall–Kier alpha value is -0.870. The second kappa shape index (κ2) is 4.97. The molecular weight excluding hydrogens is 222 g/mol. The highest BCUT2D eigenvalue weighted by Gasteiger charge is 2.28. The lowest BCUT2D eigenvalue weighted by molar-refractivity contribution is 0.551. The number of rotatable bonds is 4. The molecule has 1 aromatic rings. The van der Waals surface area contributed by atoms with Crippen LogP contribution in [0.3, 0.4) is 0 Å². The van der Waals surface area contributed by atoms with Gasteiger partial charge in [-0.15, -0.1) is 0 Å². The molecule has 0 aromatic heterocycles. The number of aryl methyl sites for hydroxylation is 1. The fraction of sp³-hybridized carbons (Fsp3) is 0.500. The van der Waals surface area contributed by atoms with Gasteiger partial charge in [-0.3, -0.25) is 0 Å². The molecule has 3 nitrogen and oxygen atoms in total. The minimum absolute atomic E-state index is 0.315. The van der Waals surface area contributed by atoms with Crippen molar-refractivity contribution in [2.24, 2.45) is 5.73 Å². The summed E-state index contributed by atoms with van der Waals surface area (Å²) in [5, 5.41) is -0.543. The summed E-state index contributed by atoms with van der Waals surface area (Å²) in [5.41, 5.74) is 6.59. The molecule has 0 amide bonds. The Morgan fingerprint density at radius 2 is 1.88 bits per heavy atom. The van der Waals surface area contributed by atoms with E-state index in [9.17, 15) is 8.42 Å². The van der Waals surface area contributed by atoms with E-state index in [0.29, 0.717) is 11.3 Å². The Kier molecular flexibility index (Phi) is 4.10. The lowest BCUT2D eigenvalue weighted by Crippen LogP contribution is -2.38. The molecule has 2 N–H and O–H groups in total. The largest absolute Gasteiger partial charge is 0.327 e. The monoisotopic (exact) mass is 241 g/mol. The Labute approximate surface area is 97.6 Å². The predicted molar refractivity (Wildman–Crippen MR) is 66.1 cm³/mol. The number of hydrogen-bond acceptors (Lipinski definition) is 3. The maximum absolute atomic E-state index is 12.3.